The average molecular weight is 321 g/mol. The Hall–Kier alpha value is -2.34. The van der Waals surface area contributed by atoms with E-state index in [1.165, 1.54) is 21.6 Å². The van der Waals surface area contributed by atoms with Crippen LogP contribution in [-0.4, -0.2) is 0 Å². The van der Waals surface area contributed by atoms with E-state index >= 15 is 0 Å². The van der Waals surface area contributed by atoms with Crippen LogP contribution < -0.4 is 10.4 Å². The van der Waals surface area contributed by atoms with Gasteiger partial charge in [0.05, 0.1) is 0 Å². The Bertz CT molecular complexity index is 780. The van der Waals surface area contributed by atoms with Gasteiger partial charge in [0.15, 0.2) is 0 Å². The monoisotopic (exact) mass is 320 g/mol. The Morgan fingerprint density at radius 3 is 1.96 bits per heavy atom. The highest BCUT2D eigenvalue weighted by atomic mass is 14.2. The first kappa shape index (κ1) is 21.7. The van der Waals surface area contributed by atoms with Crippen molar-refractivity contribution in [1.29, 1.82) is 0 Å². The summed E-state index contributed by atoms with van der Waals surface area (Å²) in [4.78, 5) is 0. The third kappa shape index (κ3) is 3.76. The molecule has 1 aromatic rings. The minimum absolute atomic E-state index is 0.925. The first-order valence-corrected chi connectivity index (χ1v) is 8.72. The Balaban J connectivity index is 0.00000123. The molecule has 0 N–H and O–H groups in total. The molecule has 128 valence electrons. The molecule has 1 aliphatic carbocycles. The first-order valence-electron chi connectivity index (χ1n) is 8.72. The van der Waals surface area contributed by atoms with Crippen LogP contribution in [0.2, 0.25) is 0 Å². The maximum absolute atomic E-state index is 4.14. The van der Waals surface area contributed by atoms with Crippen molar-refractivity contribution in [3.63, 3.8) is 0 Å². The zero-order valence-electron chi connectivity index (χ0n) is 16.3. The van der Waals surface area contributed by atoms with Gasteiger partial charge in [-0.1, -0.05) is 90.4 Å². The van der Waals surface area contributed by atoms with Crippen LogP contribution >= 0.6 is 0 Å². The summed E-state index contributed by atoms with van der Waals surface area (Å²) in [6.45, 7) is 28.1. The average Bonchev–Trinajstić information content (AvgIpc) is 2.96. The van der Waals surface area contributed by atoms with Crippen LogP contribution in [-0.2, 0) is 0 Å². The Morgan fingerprint density at radius 1 is 0.958 bits per heavy atom. The lowest BCUT2D eigenvalue weighted by atomic mass is 9.93. The van der Waals surface area contributed by atoms with Crippen LogP contribution in [0, 0.1) is 0 Å². The maximum atomic E-state index is 4.14. The van der Waals surface area contributed by atoms with Crippen molar-refractivity contribution in [1.82, 2.24) is 0 Å². The van der Waals surface area contributed by atoms with E-state index in [4.69, 9.17) is 0 Å². The molecule has 1 aromatic carbocycles. The molecule has 0 spiro atoms. The van der Waals surface area contributed by atoms with Crippen molar-refractivity contribution >= 4 is 23.3 Å². The molecule has 0 aliphatic heterocycles. The lowest BCUT2D eigenvalue weighted by molar-refractivity contribution is 1.43. The fraction of sp³-hybridized carbons (Fsp3) is 0.250. The molecule has 0 saturated carbocycles. The van der Waals surface area contributed by atoms with Gasteiger partial charge in [-0.25, -0.2) is 0 Å². The highest BCUT2D eigenvalue weighted by Gasteiger charge is 2.22. The smallest absolute Gasteiger partial charge is 0.00184 e. The molecule has 0 amide bonds. The molecule has 24 heavy (non-hydrogen) atoms. The number of benzene rings is 1. The molecule has 0 nitrogen and oxygen atoms in total. The molecule has 1 aliphatic rings. The summed E-state index contributed by atoms with van der Waals surface area (Å²) in [5.74, 6) is 0. The molecular weight excluding hydrogens is 288 g/mol. The highest BCUT2D eigenvalue weighted by molar-refractivity contribution is 6.00. The molecule has 0 radical (unpaired) electrons. The molecule has 0 aromatic heterocycles. The van der Waals surface area contributed by atoms with Gasteiger partial charge in [-0.3, -0.25) is 0 Å². The van der Waals surface area contributed by atoms with Crippen molar-refractivity contribution in [2.24, 2.45) is 0 Å². The van der Waals surface area contributed by atoms with Gasteiger partial charge >= 0.3 is 0 Å². The summed E-state index contributed by atoms with van der Waals surface area (Å²) in [7, 11) is 0. The van der Waals surface area contributed by atoms with E-state index < -0.39 is 0 Å². The van der Waals surface area contributed by atoms with Crippen LogP contribution in [0.15, 0.2) is 61.7 Å². The molecule has 0 atom stereocenters. The standard InChI is InChI=1S/C20H20.2C2H6/c1-7-13(5)18-17(10-4)14(6)19-15(8-2)11-12-16(9-3)20(18)19;2*1-2/h7-12H,1,3-5H2,2,6H3;2*1-2H3/b15-8-;;. The number of hydrogen-bond acceptors (Lipinski definition) is 0. The largest absolute Gasteiger partial charge is 0.0985 e. The summed E-state index contributed by atoms with van der Waals surface area (Å²) in [6, 6.07) is 4.25. The van der Waals surface area contributed by atoms with Gasteiger partial charge in [0, 0.05) is 0 Å². The van der Waals surface area contributed by atoms with Gasteiger partial charge in [0.25, 0.3) is 0 Å². The molecule has 0 saturated heterocycles. The van der Waals surface area contributed by atoms with E-state index in [2.05, 4.69) is 58.4 Å². The lowest BCUT2D eigenvalue weighted by Crippen LogP contribution is -2.28. The van der Waals surface area contributed by atoms with E-state index in [9.17, 15) is 0 Å². The van der Waals surface area contributed by atoms with Crippen LogP contribution in [0.1, 0.15) is 52.7 Å². The maximum Gasteiger partial charge on any atom is -0.00184 e. The molecule has 0 heterocycles. The molecule has 2 rings (SSSR count). The summed E-state index contributed by atoms with van der Waals surface area (Å²) >= 11 is 0. The van der Waals surface area contributed by atoms with Gasteiger partial charge < -0.3 is 0 Å². The predicted molar refractivity (Wildman–Crippen MR) is 114 cm³/mol. The summed E-state index contributed by atoms with van der Waals surface area (Å²) in [6.07, 6.45) is 7.74. The van der Waals surface area contributed by atoms with Crippen LogP contribution in [0.5, 0.6) is 0 Å². The molecule has 0 fully saturated rings. The second-order valence-corrected chi connectivity index (χ2v) is 4.83. The van der Waals surface area contributed by atoms with Crippen LogP contribution in [0.4, 0.5) is 0 Å². The summed E-state index contributed by atoms with van der Waals surface area (Å²) < 4.78 is 0. The molecule has 0 unspecified atom stereocenters. The fourth-order valence-corrected chi connectivity index (χ4v) is 2.87. The molecule has 0 bridgehead atoms. The lowest BCUT2D eigenvalue weighted by Gasteiger charge is -2.10. The number of fused-ring (bicyclic) bond motifs is 1. The SMILES string of the molecule is C=CC(=C)C1=C(C=C)C(C)=c2c1c(C=C)cc/c2=C/C.CC.CC. The van der Waals surface area contributed by atoms with Crippen molar-refractivity contribution in [3.8, 4) is 0 Å². The third-order valence-corrected chi connectivity index (χ3v) is 3.87. The quantitative estimate of drug-likeness (QED) is 0.592. The van der Waals surface area contributed by atoms with E-state index in [0.717, 1.165) is 22.3 Å². The minimum Gasteiger partial charge on any atom is -0.0985 e. The van der Waals surface area contributed by atoms with Crippen molar-refractivity contribution in [2.45, 2.75) is 41.5 Å². The normalized spacial score (nSPS) is 12.4. The van der Waals surface area contributed by atoms with Crippen molar-refractivity contribution in [2.75, 3.05) is 0 Å². The topological polar surface area (TPSA) is 0 Å². The van der Waals surface area contributed by atoms with E-state index in [0.29, 0.717) is 0 Å². The number of rotatable bonds is 4. The summed E-state index contributed by atoms with van der Waals surface area (Å²) in [5.41, 5.74) is 6.76. The number of hydrogen-bond donors (Lipinski definition) is 0. The van der Waals surface area contributed by atoms with Gasteiger partial charge in [0.1, 0.15) is 0 Å². The van der Waals surface area contributed by atoms with Crippen molar-refractivity contribution < 1.29 is 0 Å². The molecular formula is C24H32. The van der Waals surface area contributed by atoms with E-state index in [1.807, 2.05) is 39.8 Å². The van der Waals surface area contributed by atoms with Gasteiger partial charge in [-0.15, -0.1) is 0 Å². The first-order chi connectivity index (χ1) is 11.6. The van der Waals surface area contributed by atoms with Gasteiger partial charge in [-0.2, -0.15) is 0 Å². The third-order valence-electron chi connectivity index (χ3n) is 3.87. The minimum atomic E-state index is 0.925. The van der Waals surface area contributed by atoms with Crippen LogP contribution in [0.25, 0.3) is 23.3 Å². The highest BCUT2D eigenvalue weighted by Crippen LogP contribution is 2.35. The van der Waals surface area contributed by atoms with Crippen LogP contribution in [0.3, 0.4) is 0 Å². The summed E-state index contributed by atoms with van der Waals surface area (Å²) in [5, 5.41) is 2.49. The van der Waals surface area contributed by atoms with Gasteiger partial charge in [-0.05, 0) is 57.7 Å². The fourth-order valence-electron chi connectivity index (χ4n) is 2.87. The zero-order chi connectivity index (χ0) is 18.9. The Kier molecular flexibility index (Phi) is 9.42. The predicted octanol–water partition coefficient (Wildman–Crippen LogP) is 6.05. The van der Waals surface area contributed by atoms with Crippen molar-refractivity contribution in [3.05, 3.63) is 83.3 Å². The second kappa shape index (κ2) is 10.4. The van der Waals surface area contributed by atoms with Gasteiger partial charge in [0.2, 0.25) is 0 Å². The van der Waals surface area contributed by atoms with E-state index in [1.54, 1.807) is 6.08 Å². The Labute approximate surface area is 148 Å². The van der Waals surface area contributed by atoms with E-state index in [-0.39, 0.29) is 0 Å². The zero-order valence-corrected chi connectivity index (χ0v) is 16.3. The Morgan fingerprint density at radius 2 is 1.54 bits per heavy atom. The molecule has 0 heteroatoms. The second-order valence-electron chi connectivity index (χ2n) is 4.83. The number of allylic oxidation sites excluding steroid dienone is 5.